The Morgan fingerprint density at radius 1 is 1.11 bits per heavy atom. The molecule has 0 aliphatic rings. The molecule has 0 saturated heterocycles. The largest absolute Gasteiger partial charge is 0.305 e. The third-order valence-corrected chi connectivity index (χ3v) is 6.69. The van der Waals surface area contributed by atoms with Crippen molar-refractivity contribution in [2.45, 2.75) is 36.3 Å². The van der Waals surface area contributed by atoms with E-state index < -0.39 is 11.9 Å². The van der Waals surface area contributed by atoms with Gasteiger partial charge in [-0.15, -0.1) is 0 Å². The predicted octanol–water partition coefficient (Wildman–Crippen LogP) is 3.49. The van der Waals surface area contributed by atoms with Crippen LogP contribution in [0.5, 0.6) is 0 Å². The minimum Gasteiger partial charge on any atom is -0.273 e. The summed E-state index contributed by atoms with van der Waals surface area (Å²) in [6.45, 7) is 1.98. The number of carbonyl (C=O) groups is 3. The van der Waals surface area contributed by atoms with Gasteiger partial charge in [-0.3, -0.25) is 30.2 Å². The summed E-state index contributed by atoms with van der Waals surface area (Å²) in [5, 5.41) is 0.140. The fourth-order valence-electron chi connectivity index (χ4n) is 2.16. The summed E-state index contributed by atoms with van der Waals surface area (Å²) in [6.07, 6.45) is 3.59. The summed E-state index contributed by atoms with van der Waals surface area (Å²) < 4.78 is 12.7. The van der Waals surface area contributed by atoms with Crippen molar-refractivity contribution < 1.29 is 18.8 Å². The highest BCUT2D eigenvalue weighted by molar-refractivity contribution is 8.77. The highest BCUT2D eigenvalue weighted by atomic mass is 33.1. The molecule has 1 unspecified atom stereocenters. The number of carbonyl (C=O) groups excluding carboxylic acids is 3. The number of nitrogens with zero attached hydrogens (tertiary/aromatic N) is 1. The Labute approximate surface area is 170 Å². The number of pyridine rings is 1. The average Bonchev–Trinajstić information content (AvgIpc) is 2.70. The van der Waals surface area contributed by atoms with Gasteiger partial charge in [0.25, 0.3) is 5.91 Å². The van der Waals surface area contributed by atoms with Crippen molar-refractivity contribution in [3.63, 3.8) is 0 Å². The lowest BCUT2D eigenvalue weighted by atomic mass is 10.2. The number of hydrazine groups is 1. The van der Waals surface area contributed by atoms with E-state index in [1.807, 2.05) is 19.1 Å². The van der Waals surface area contributed by atoms with E-state index in [2.05, 4.69) is 15.8 Å². The van der Waals surface area contributed by atoms with Crippen molar-refractivity contribution in [1.29, 1.82) is 0 Å². The number of rotatable bonds is 9. The summed E-state index contributed by atoms with van der Waals surface area (Å²) in [7, 11) is 3.00. The highest BCUT2D eigenvalue weighted by Crippen LogP contribution is 2.38. The summed E-state index contributed by atoms with van der Waals surface area (Å²) >= 11 is 0. The molecule has 9 heteroatoms. The molecule has 1 heterocycles. The molecule has 0 fully saturated rings. The van der Waals surface area contributed by atoms with Crippen molar-refractivity contribution in [2.75, 3.05) is 0 Å². The molecule has 1 aromatic carbocycles. The maximum Gasteiger partial charge on any atom is 0.305 e. The molecule has 148 valence electrons. The van der Waals surface area contributed by atoms with Crippen LogP contribution in [0.15, 0.2) is 53.7 Å². The first kappa shape index (κ1) is 21.9. The molecule has 0 aliphatic heterocycles. The predicted molar refractivity (Wildman–Crippen MR) is 108 cm³/mol. The van der Waals surface area contributed by atoms with E-state index in [0.717, 1.165) is 4.90 Å². The van der Waals surface area contributed by atoms with Crippen molar-refractivity contribution in [1.82, 2.24) is 15.8 Å². The lowest BCUT2D eigenvalue weighted by Crippen LogP contribution is -2.41. The van der Waals surface area contributed by atoms with Crippen molar-refractivity contribution >= 4 is 39.4 Å². The zero-order chi connectivity index (χ0) is 20.4. The van der Waals surface area contributed by atoms with Crippen LogP contribution in [-0.2, 0) is 16.0 Å². The van der Waals surface area contributed by atoms with Gasteiger partial charge < -0.3 is 0 Å². The van der Waals surface area contributed by atoms with Gasteiger partial charge in [-0.2, -0.15) is 4.39 Å². The van der Waals surface area contributed by atoms with E-state index in [4.69, 9.17) is 0 Å². The molecule has 0 radical (unpaired) electrons. The Morgan fingerprint density at radius 2 is 1.82 bits per heavy atom. The maximum absolute atomic E-state index is 12.7. The lowest BCUT2D eigenvalue weighted by Gasteiger charge is -2.12. The van der Waals surface area contributed by atoms with Crippen LogP contribution >= 0.6 is 21.6 Å². The molecule has 2 aromatic rings. The molecule has 2 amide bonds. The molecule has 28 heavy (non-hydrogen) atoms. The number of hydrogen-bond donors (Lipinski definition) is 2. The topological polar surface area (TPSA) is 88.2 Å². The molecule has 6 nitrogen and oxygen atoms in total. The van der Waals surface area contributed by atoms with Crippen LogP contribution in [0.25, 0.3) is 0 Å². The van der Waals surface area contributed by atoms with Crippen LogP contribution in [-0.4, -0.2) is 28.1 Å². The van der Waals surface area contributed by atoms with Crippen LogP contribution in [0.4, 0.5) is 4.39 Å². The molecule has 2 N–H and O–H groups in total. The molecule has 1 aromatic heterocycles. The molecule has 0 spiro atoms. The van der Waals surface area contributed by atoms with Gasteiger partial charge in [0, 0.05) is 34.5 Å². The quantitative estimate of drug-likeness (QED) is 0.366. The maximum atomic E-state index is 12.7. The van der Waals surface area contributed by atoms with Gasteiger partial charge in [-0.05, 0) is 30.2 Å². The highest BCUT2D eigenvalue weighted by Gasteiger charge is 2.12. The number of aromatic nitrogens is 1. The van der Waals surface area contributed by atoms with E-state index in [-0.39, 0.29) is 24.0 Å². The first-order chi connectivity index (χ1) is 13.5. The first-order valence-electron chi connectivity index (χ1n) is 8.54. The zero-order valence-corrected chi connectivity index (χ0v) is 16.8. The average molecular weight is 422 g/mol. The zero-order valence-electron chi connectivity index (χ0n) is 15.2. The first-order valence-corrected chi connectivity index (χ1v) is 10.8. The lowest BCUT2D eigenvalue weighted by molar-refractivity contribution is -0.128. The van der Waals surface area contributed by atoms with Gasteiger partial charge in [0.1, 0.15) is 0 Å². The summed E-state index contributed by atoms with van der Waals surface area (Å²) in [5.74, 6) is -0.698. The van der Waals surface area contributed by atoms with E-state index in [1.165, 1.54) is 23.2 Å². The number of nitrogens with one attached hydrogen (secondary N) is 2. The van der Waals surface area contributed by atoms with Crippen molar-refractivity contribution in [3.05, 3.63) is 59.9 Å². The standard InChI is InChI=1S/C19H20FN3O3S2/c1-13(27-28-16-5-3-2-4-15(16)12-17(20)24)6-7-18(25)22-23-19(26)14-8-10-21-11-9-14/h2-5,8-11,13H,6-7,12H2,1H3,(H,22,25)(H,23,26). The molecule has 0 aliphatic carbocycles. The van der Waals surface area contributed by atoms with Gasteiger partial charge in [0.15, 0.2) is 0 Å². The second-order valence-electron chi connectivity index (χ2n) is 5.91. The fraction of sp³-hybridized carbons (Fsp3) is 0.263. The van der Waals surface area contributed by atoms with Gasteiger partial charge >= 0.3 is 6.04 Å². The van der Waals surface area contributed by atoms with Crippen LogP contribution in [0.2, 0.25) is 0 Å². The van der Waals surface area contributed by atoms with E-state index in [9.17, 15) is 18.8 Å². The van der Waals surface area contributed by atoms with Crippen molar-refractivity contribution in [2.24, 2.45) is 0 Å². The van der Waals surface area contributed by atoms with E-state index in [0.29, 0.717) is 17.5 Å². The fourth-order valence-corrected chi connectivity index (χ4v) is 4.61. The second kappa shape index (κ2) is 11.5. The van der Waals surface area contributed by atoms with E-state index in [1.54, 1.807) is 35.1 Å². The number of halogens is 1. The van der Waals surface area contributed by atoms with Gasteiger partial charge in [-0.25, -0.2) is 0 Å². The second-order valence-corrected chi connectivity index (χ2v) is 8.59. The number of amides is 2. The summed E-state index contributed by atoms with van der Waals surface area (Å²) in [6, 6.07) is 8.89. The van der Waals surface area contributed by atoms with Crippen LogP contribution < -0.4 is 10.9 Å². The molecule has 0 saturated carbocycles. The molecule has 0 bridgehead atoms. The number of hydrogen-bond acceptors (Lipinski definition) is 6. The normalized spacial score (nSPS) is 11.5. The minimum atomic E-state index is -1.36. The Kier molecular flexibility index (Phi) is 8.96. The summed E-state index contributed by atoms with van der Waals surface area (Å²) in [5.41, 5.74) is 5.80. The van der Waals surface area contributed by atoms with Gasteiger partial charge in [0.05, 0.1) is 6.42 Å². The monoisotopic (exact) mass is 421 g/mol. The smallest absolute Gasteiger partial charge is 0.273 e. The van der Waals surface area contributed by atoms with E-state index >= 15 is 0 Å². The molecule has 2 rings (SSSR count). The van der Waals surface area contributed by atoms with Crippen LogP contribution in [0.3, 0.4) is 0 Å². The Balaban J connectivity index is 1.71. The van der Waals surface area contributed by atoms with Crippen LogP contribution in [0, 0.1) is 0 Å². The molecular weight excluding hydrogens is 401 g/mol. The third kappa shape index (κ3) is 7.69. The van der Waals surface area contributed by atoms with Crippen molar-refractivity contribution in [3.8, 4) is 0 Å². The Hall–Kier alpha value is -2.39. The van der Waals surface area contributed by atoms with Gasteiger partial charge in [-0.1, -0.05) is 46.7 Å². The third-order valence-electron chi connectivity index (χ3n) is 3.64. The molecular formula is C19H20FN3O3S2. The number of benzene rings is 1. The van der Waals surface area contributed by atoms with Crippen LogP contribution in [0.1, 0.15) is 35.7 Å². The van der Waals surface area contributed by atoms with Gasteiger partial charge in [0.2, 0.25) is 5.91 Å². The Bertz CT molecular complexity index is 821. The minimum absolute atomic E-state index is 0.140. The SMILES string of the molecule is CC(CCC(=O)NNC(=O)c1ccncc1)SSc1ccccc1CC(=O)F. The Morgan fingerprint density at radius 3 is 2.54 bits per heavy atom. The summed E-state index contributed by atoms with van der Waals surface area (Å²) in [4.78, 5) is 39.1. The molecule has 1 atom stereocenters.